The van der Waals surface area contributed by atoms with Gasteiger partial charge in [0.1, 0.15) is 17.8 Å². The van der Waals surface area contributed by atoms with Gasteiger partial charge in [0.05, 0.1) is 6.42 Å². The van der Waals surface area contributed by atoms with Crippen LogP contribution in [0.25, 0.3) is 0 Å². The van der Waals surface area contributed by atoms with Gasteiger partial charge in [-0.25, -0.2) is 9.97 Å². The maximum atomic E-state index is 11.3. The molecule has 1 aromatic heterocycles. The van der Waals surface area contributed by atoms with Crippen LogP contribution in [0.1, 0.15) is 30.3 Å². The number of rotatable bonds is 4. The van der Waals surface area contributed by atoms with Crippen molar-refractivity contribution in [2.45, 2.75) is 19.8 Å². The van der Waals surface area contributed by atoms with Crippen LogP contribution in [0.15, 0.2) is 18.6 Å². The first-order valence-corrected chi connectivity index (χ1v) is 4.05. The van der Waals surface area contributed by atoms with E-state index in [2.05, 4.69) is 9.97 Å². The third kappa shape index (κ3) is 2.74. The van der Waals surface area contributed by atoms with Crippen LogP contribution in [0.3, 0.4) is 0 Å². The first-order valence-electron chi connectivity index (χ1n) is 4.05. The Morgan fingerprint density at radius 2 is 2.23 bits per heavy atom. The SMILES string of the molecule is CCC(=O)CC(=O)c1ccncn1. The number of ketones is 2. The molecule has 0 aromatic carbocycles. The Hall–Kier alpha value is -1.58. The van der Waals surface area contributed by atoms with E-state index in [0.29, 0.717) is 12.1 Å². The maximum absolute atomic E-state index is 11.3. The zero-order chi connectivity index (χ0) is 9.68. The van der Waals surface area contributed by atoms with Crippen LogP contribution in [0.2, 0.25) is 0 Å². The van der Waals surface area contributed by atoms with E-state index in [9.17, 15) is 9.59 Å². The van der Waals surface area contributed by atoms with E-state index >= 15 is 0 Å². The molecule has 0 fully saturated rings. The Bertz CT molecular complexity index is 309. The van der Waals surface area contributed by atoms with Crippen molar-refractivity contribution in [2.24, 2.45) is 0 Å². The summed E-state index contributed by atoms with van der Waals surface area (Å²) in [6, 6.07) is 1.51. The lowest BCUT2D eigenvalue weighted by Gasteiger charge is -1.96. The van der Waals surface area contributed by atoms with Gasteiger partial charge in [-0.1, -0.05) is 6.92 Å². The normalized spacial score (nSPS) is 9.62. The summed E-state index contributed by atoms with van der Waals surface area (Å²) in [6.07, 6.45) is 3.10. The molecule has 1 heterocycles. The van der Waals surface area contributed by atoms with Gasteiger partial charge in [-0.3, -0.25) is 9.59 Å². The van der Waals surface area contributed by atoms with Crippen LogP contribution >= 0.6 is 0 Å². The number of hydrogen-bond acceptors (Lipinski definition) is 4. The molecule has 0 atom stereocenters. The number of aromatic nitrogens is 2. The Labute approximate surface area is 76.0 Å². The molecule has 0 aliphatic heterocycles. The highest BCUT2D eigenvalue weighted by Crippen LogP contribution is 1.99. The summed E-state index contributed by atoms with van der Waals surface area (Å²) in [5, 5.41) is 0. The first-order chi connectivity index (χ1) is 6.24. The van der Waals surface area contributed by atoms with E-state index in [1.165, 1.54) is 18.6 Å². The van der Waals surface area contributed by atoms with Gasteiger partial charge in [0, 0.05) is 12.6 Å². The van der Waals surface area contributed by atoms with Crippen molar-refractivity contribution in [3.63, 3.8) is 0 Å². The van der Waals surface area contributed by atoms with Crippen LogP contribution in [0, 0.1) is 0 Å². The summed E-state index contributed by atoms with van der Waals surface area (Å²) in [7, 11) is 0. The van der Waals surface area contributed by atoms with Gasteiger partial charge in [0.15, 0.2) is 5.78 Å². The molecule has 13 heavy (non-hydrogen) atoms. The monoisotopic (exact) mass is 178 g/mol. The van der Waals surface area contributed by atoms with E-state index in [-0.39, 0.29) is 18.0 Å². The lowest BCUT2D eigenvalue weighted by molar-refractivity contribution is -0.117. The van der Waals surface area contributed by atoms with Crippen molar-refractivity contribution in [3.05, 3.63) is 24.3 Å². The van der Waals surface area contributed by atoms with Crippen molar-refractivity contribution in [1.29, 1.82) is 0 Å². The molecule has 0 saturated carbocycles. The smallest absolute Gasteiger partial charge is 0.188 e. The zero-order valence-electron chi connectivity index (χ0n) is 7.36. The van der Waals surface area contributed by atoms with E-state index in [0.717, 1.165) is 0 Å². The minimum absolute atomic E-state index is 0.0620. The summed E-state index contributed by atoms with van der Waals surface area (Å²) >= 11 is 0. The zero-order valence-corrected chi connectivity index (χ0v) is 7.36. The highest BCUT2D eigenvalue weighted by molar-refractivity contribution is 6.06. The van der Waals surface area contributed by atoms with Gasteiger partial charge in [0.2, 0.25) is 0 Å². The van der Waals surface area contributed by atoms with Gasteiger partial charge in [0.25, 0.3) is 0 Å². The predicted molar refractivity (Wildman–Crippen MR) is 46.3 cm³/mol. The van der Waals surface area contributed by atoms with Crippen LogP contribution in [0.4, 0.5) is 0 Å². The number of nitrogens with zero attached hydrogens (tertiary/aromatic N) is 2. The molecule has 4 heteroatoms. The van der Waals surface area contributed by atoms with Crippen molar-refractivity contribution in [1.82, 2.24) is 9.97 Å². The highest BCUT2D eigenvalue weighted by Gasteiger charge is 2.10. The maximum Gasteiger partial charge on any atom is 0.188 e. The lowest BCUT2D eigenvalue weighted by atomic mass is 10.1. The predicted octanol–water partition coefficient (Wildman–Crippen LogP) is 1.03. The van der Waals surface area contributed by atoms with E-state index in [4.69, 9.17) is 0 Å². The Morgan fingerprint density at radius 3 is 2.77 bits per heavy atom. The Balaban J connectivity index is 2.65. The molecule has 0 radical (unpaired) electrons. The molecule has 0 amide bonds. The van der Waals surface area contributed by atoms with Crippen LogP contribution in [0.5, 0.6) is 0 Å². The molecule has 1 rings (SSSR count). The minimum atomic E-state index is -0.241. The molecule has 4 nitrogen and oxygen atoms in total. The number of carbonyl (C=O) groups is 2. The number of hydrogen-bond donors (Lipinski definition) is 0. The molecule has 68 valence electrons. The van der Waals surface area contributed by atoms with Crippen LogP contribution < -0.4 is 0 Å². The van der Waals surface area contributed by atoms with E-state index < -0.39 is 0 Å². The van der Waals surface area contributed by atoms with Crippen molar-refractivity contribution in [3.8, 4) is 0 Å². The minimum Gasteiger partial charge on any atom is -0.299 e. The third-order valence-electron chi connectivity index (χ3n) is 1.62. The molecule has 0 spiro atoms. The summed E-state index contributed by atoms with van der Waals surface area (Å²) < 4.78 is 0. The Morgan fingerprint density at radius 1 is 1.46 bits per heavy atom. The Kier molecular flexibility index (Phi) is 3.25. The van der Waals surface area contributed by atoms with Gasteiger partial charge < -0.3 is 0 Å². The van der Waals surface area contributed by atoms with E-state index in [1.54, 1.807) is 6.92 Å². The van der Waals surface area contributed by atoms with Gasteiger partial charge in [-0.05, 0) is 6.07 Å². The number of carbonyl (C=O) groups excluding carboxylic acids is 2. The average Bonchev–Trinajstić information content (AvgIpc) is 2.19. The lowest BCUT2D eigenvalue weighted by Crippen LogP contribution is -2.08. The van der Waals surface area contributed by atoms with Gasteiger partial charge >= 0.3 is 0 Å². The second-order valence-electron chi connectivity index (χ2n) is 2.59. The standard InChI is InChI=1S/C9H10N2O2/c1-2-7(12)5-9(13)8-3-4-10-6-11-8/h3-4,6H,2,5H2,1H3. The second kappa shape index (κ2) is 4.45. The molecule has 0 N–H and O–H groups in total. The molecule has 1 aromatic rings. The molecule has 0 bridgehead atoms. The van der Waals surface area contributed by atoms with Crippen molar-refractivity contribution < 1.29 is 9.59 Å². The largest absolute Gasteiger partial charge is 0.299 e. The van der Waals surface area contributed by atoms with E-state index in [1.807, 2.05) is 0 Å². The summed E-state index contributed by atoms with van der Waals surface area (Å²) in [4.78, 5) is 29.7. The summed E-state index contributed by atoms with van der Waals surface area (Å²) in [6.45, 7) is 1.73. The molecule has 0 saturated heterocycles. The fourth-order valence-electron chi connectivity index (χ4n) is 0.850. The summed E-state index contributed by atoms with van der Waals surface area (Å²) in [5.74, 6) is -0.308. The molecular formula is C9H10N2O2. The van der Waals surface area contributed by atoms with Crippen LogP contribution in [-0.2, 0) is 4.79 Å². The molecule has 0 aliphatic rings. The third-order valence-corrected chi connectivity index (χ3v) is 1.62. The van der Waals surface area contributed by atoms with Crippen LogP contribution in [-0.4, -0.2) is 21.5 Å². The fraction of sp³-hybridized carbons (Fsp3) is 0.333. The number of Topliss-reactive ketones (excluding diaryl/α,β-unsaturated/α-hetero) is 2. The van der Waals surface area contributed by atoms with Crippen molar-refractivity contribution in [2.75, 3.05) is 0 Å². The molecular weight excluding hydrogens is 168 g/mol. The molecule has 0 unspecified atom stereocenters. The fourth-order valence-corrected chi connectivity index (χ4v) is 0.850. The van der Waals surface area contributed by atoms with Crippen molar-refractivity contribution >= 4 is 11.6 Å². The quantitative estimate of drug-likeness (QED) is 0.510. The summed E-state index contributed by atoms with van der Waals surface area (Å²) in [5.41, 5.74) is 0.303. The average molecular weight is 178 g/mol. The topological polar surface area (TPSA) is 59.9 Å². The van der Waals surface area contributed by atoms with Gasteiger partial charge in [-0.2, -0.15) is 0 Å². The second-order valence-corrected chi connectivity index (χ2v) is 2.59. The molecule has 0 aliphatic carbocycles. The van der Waals surface area contributed by atoms with Gasteiger partial charge in [-0.15, -0.1) is 0 Å². The highest BCUT2D eigenvalue weighted by atomic mass is 16.1. The first kappa shape index (κ1) is 9.51.